The van der Waals surface area contributed by atoms with Gasteiger partial charge in [-0.1, -0.05) is 39.5 Å². The lowest BCUT2D eigenvalue weighted by molar-refractivity contribution is -0.385. The van der Waals surface area contributed by atoms with Gasteiger partial charge >= 0.3 is 18.0 Å². The molecule has 2 aromatic carbocycles. The molecule has 3 fully saturated rings. The number of hydrogen-bond acceptors (Lipinski definition) is 15. The topological polar surface area (TPSA) is 229 Å². The van der Waals surface area contributed by atoms with Crippen molar-refractivity contribution in [2.24, 2.45) is 11.8 Å². The van der Waals surface area contributed by atoms with Gasteiger partial charge in [0.05, 0.1) is 27.9 Å². The molecule has 0 aliphatic carbocycles. The van der Waals surface area contributed by atoms with Gasteiger partial charge in [-0.15, -0.1) is 0 Å². The van der Waals surface area contributed by atoms with Crippen LogP contribution in [0.2, 0.25) is 18.1 Å². The van der Waals surface area contributed by atoms with Gasteiger partial charge in [0.25, 0.3) is 11.4 Å². The van der Waals surface area contributed by atoms with E-state index in [4.69, 9.17) is 13.9 Å². The molecule has 3 aliphatic heterocycles. The molecule has 0 radical (unpaired) electrons. The first-order valence-electron chi connectivity index (χ1n) is 20.3. The van der Waals surface area contributed by atoms with Gasteiger partial charge in [0.2, 0.25) is 11.8 Å². The van der Waals surface area contributed by atoms with E-state index in [-0.39, 0.29) is 41.9 Å². The first-order valence-corrected chi connectivity index (χ1v) is 24.1. The molecule has 0 saturated carbocycles. The first-order chi connectivity index (χ1) is 29.0. The fourth-order valence-corrected chi connectivity index (χ4v) is 10.1. The van der Waals surface area contributed by atoms with Crippen molar-refractivity contribution in [3.8, 4) is 0 Å². The number of nitro benzene ring substituents is 2. The van der Waals surface area contributed by atoms with Crippen LogP contribution in [0.25, 0.3) is 0 Å². The van der Waals surface area contributed by atoms with E-state index in [0.717, 1.165) is 16.7 Å². The number of likely N-dealkylation sites (N-methyl/N-ethyl adjacent to an activating group) is 1. The molecule has 21 heteroatoms. The Morgan fingerprint density at radius 3 is 1.87 bits per heavy atom. The van der Waals surface area contributed by atoms with Crippen molar-refractivity contribution in [2.75, 3.05) is 39.8 Å². The summed E-state index contributed by atoms with van der Waals surface area (Å²) in [6.07, 6.45) is -1.44. The van der Waals surface area contributed by atoms with Crippen LogP contribution in [0.5, 0.6) is 0 Å². The number of β-lactam (4-membered cyclic amide) rings is 1. The minimum absolute atomic E-state index is 0.0398. The lowest BCUT2D eigenvalue weighted by Crippen LogP contribution is -2.71. The van der Waals surface area contributed by atoms with Crippen LogP contribution in [-0.4, -0.2) is 136 Å². The van der Waals surface area contributed by atoms with Gasteiger partial charge in [0.1, 0.15) is 19.3 Å². The highest BCUT2D eigenvalue weighted by molar-refractivity contribution is 8.14. The van der Waals surface area contributed by atoms with Crippen LogP contribution in [0.3, 0.4) is 0 Å². The molecule has 19 nitrogen and oxygen atoms in total. The number of rotatable bonds is 13. The highest BCUT2D eigenvalue weighted by Gasteiger charge is 2.59. The number of amides is 4. The van der Waals surface area contributed by atoms with Crippen LogP contribution < -0.4 is 0 Å². The van der Waals surface area contributed by atoms with E-state index in [0.29, 0.717) is 37.3 Å². The van der Waals surface area contributed by atoms with Crippen molar-refractivity contribution in [3.05, 3.63) is 79.9 Å². The van der Waals surface area contributed by atoms with Gasteiger partial charge in [0.15, 0.2) is 13.4 Å². The maximum Gasteiger partial charge on any atom is 0.410 e. The molecular formula is C41H54N6O13SSi. The van der Waals surface area contributed by atoms with Gasteiger partial charge in [-0.25, -0.2) is 9.59 Å². The van der Waals surface area contributed by atoms with Crippen LogP contribution in [0, 0.1) is 32.1 Å². The van der Waals surface area contributed by atoms with Crippen molar-refractivity contribution < 1.29 is 52.5 Å². The fraction of sp³-hybridized carbons (Fsp3) is 0.561. The molecule has 0 aromatic heterocycles. The molecule has 0 bridgehead atoms. The summed E-state index contributed by atoms with van der Waals surface area (Å²) in [5.74, 6) is -5.63. The van der Waals surface area contributed by atoms with Crippen LogP contribution in [0.15, 0.2) is 48.5 Å². The van der Waals surface area contributed by atoms with E-state index in [9.17, 15) is 49.0 Å². The van der Waals surface area contributed by atoms with Crippen molar-refractivity contribution in [2.45, 2.75) is 95.8 Å². The zero-order valence-electron chi connectivity index (χ0n) is 36.1. The van der Waals surface area contributed by atoms with Crippen LogP contribution in [0.1, 0.15) is 52.2 Å². The quantitative estimate of drug-likeness (QED) is 0.0659. The second kappa shape index (κ2) is 19.4. The molecule has 0 unspecified atom stereocenters. The summed E-state index contributed by atoms with van der Waals surface area (Å²) in [5.41, 5.74) is 0.552. The summed E-state index contributed by atoms with van der Waals surface area (Å²) >= 11 is 0.890. The number of nitro groups is 2. The molecule has 0 N–H and O–H groups in total. The average Bonchev–Trinajstić information content (AvgIpc) is 3.64. The van der Waals surface area contributed by atoms with E-state index >= 15 is 0 Å². The number of thioether (sulfide) groups is 1. The highest BCUT2D eigenvalue weighted by atomic mass is 32.2. The molecule has 3 heterocycles. The Hall–Kier alpha value is -5.25. The second-order valence-corrected chi connectivity index (χ2v) is 23.5. The Morgan fingerprint density at radius 2 is 1.37 bits per heavy atom. The number of likely N-dealkylation sites (tertiary alicyclic amines) is 2. The van der Waals surface area contributed by atoms with Crippen molar-refractivity contribution >= 4 is 66.4 Å². The molecule has 0 spiro atoms. The highest BCUT2D eigenvalue weighted by Crippen LogP contribution is 2.43. The third kappa shape index (κ3) is 10.8. The smallest absolute Gasteiger partial charge is 0.410 e. The Kier molecular flexibility index (Phi) is 15.0. The summed E-state index contributed by atoms with van der Waals surface area (Å²) in [7, 11) is -0.539. The third-order valence-corrected chi connectivity index (χ3v) is 18.0. The fourth-order valence-electron chi connectivity index (χ4n) is 7.43. The van der Waals surface area contributed by atoms with Crippen molar-refractivity contribution in [3.63, 3.8) is 0 Å². The summed E-state index contributed by atoms with van der Waals surface area (Å²) < 4.78 is 17.4. The van der Waals surface area contributed by atoms with E-state index in [1.165, 1.54) is 53.4 Å². The molecule has 62 heavy (non-hydrogen) atoms. The number of ether oxygens (including phenoxy) is 2. The zero-order chi connectivity index (χ0) is 45.8. The van der Waals surface area contributed by atoms with E-state index in [2.05, 4.69) is 4.90 Å². The van der Waals surface area contributed by atoms with Gasteiger partial charge in [-0.05, 0) is 73.9 Å². The Balaban J connectivity index is 1.34. The Morgan fingerprint density at radius 1 is 0.855 bits per heavy atom. The Bertz CT molecular complexity index is 2060. The molecule has 5 rings (SSSR count). The predicted molar refractivity (Wildman–Crippen MR) is 228 cm³/mol. The summed E-state index contributed by atoms with van der Waals surface area (Å²) in [6.45, 7) is 14.9. The van der Waals surface area contributed by atoms with Gasteiger partial charge in [-0.3, -0.25) is 49.2 Å². The lowest BCUT2D eigenvalue weighted by Gasteiger charge is -2.51. The minimum Gasteiger partial charge on any atom is -0.454 e. The minimum atomic E-state index is -2.48. The predicted octanol–water partition coefficient (Wildman–Crippen LogP) is 4.76. The maximum atomic E-state index is 14.3. The third-order valence-electron chi connectivity index (χ3n) is 12.2. The summed E-state index contributed by atoms with van der Waals surface area (Å²) in [4.78, 5) is 109. The SMILES string of the molecule is C[C@@H](O[Si](C)(C)C(C)(C)C)[C@H]1C(=O)N(C(=O)C(=O)OCc2ccc([N+](=O)[O-])cc2)[C@@H]1[C@@H](C)C(=O)S[C@H]1C[C@@H](C(=O)N2CCN(C)CC2)N(C(=O)OCc2ccc([N+](=O)[O-])cc2)C1. The van der Waals surface area contributed by atoms with E-state index in [1.807, 2.05) is 40.9 Å². The zero-order valence-corrected chi connectivity index (χ0v) is 38.0. The molecule has 2 aromatic rings. The number of piperazine rings is 1. The standard InChI is InChI=1S/C41H54N6O13SSi/c1-25(34-33(26(2)60-62(7,8)41(3,4)5)36(49)45(34)37(50)38(51)58-23-27-9-13-29(14-10-27)46(54)55)39(52)61-31-21-32(35(48)43-19-17-42(6)18-20-43)44(22-31)40(53)59-24-28-11-15-30(16-12-28)47(56)57/h9-16,25-26,31-34H,17-24H2,1-8H3/t25-,26-,31+,32+,33-,34-/m1/s1. The average molecular weight is 899 g/mol. The van der Waals surface area contributed by atoms with Crippen molar-refractivity contribution in [1.82, 2.24) is 19.6 Å². The van der Waals surface area contributed by atoms with Gasteiger partial charge in [0, 0.05) is 68.2 Å². The van der Waals surface area contributed by atoms with Crippen LogP contribution in [-0.2, 0) is 51.1 Å². The number of esters is 1. The lowest BCUT2D eigenvalue weighted by atomic mass is 9.76. The molecular weight excluding hydrogens is 845 g/mol. The normalized spacial score (nSPS) is 21.7. The van der Waals surface area contributed by atoms with E-state index < -0.39 is 89.0 Å². The van der Waals surface area contributed by atoms with Gasteiger partial charge in [-0.2, -0.15) is 0 Å². The molecule has 3 saturated heterocycles. The number of carbonyl (C=O) groups is 6. The maximum absolute atomic E-state index is 14.3. The molecule has 3 aliphatic rings. The molecule has 6 atom stereocenters. The summed E-state index contributed by atoms with van der Waals surface area (Å²) in [5, 5.41) is 20.9. The number of carbonyl (C=O) groups excluding carboxylic acids is 6. The first kappa shape index (κ1) is 47.8. The number of nitrogens with zero attached hydrogens (tertiary/aromatic N) is 6. The van der Waals surface area contributed by atoms with Crippen LogP contribution in [0.4, 0.5) is 16.2 Å². The van der Waals surface area contributed by atoms with Gasteiger partial charge < -0.3 is 23.7 Å². The number of non-ortho nitro benzene ring substituents is 2. The van der Waals surface area contributed by atoms with E-state index in [1.54, 1.807) is 18.7 Å². The summed E-state index contributed by atoms with van der Waals surface area (Å²) in [6, 6.07) is 8.62. The number of benzene rings is 2. The van der Waals surface area contributed by atoms with Crippen LogP contribution >= 0.6 is 11.8 Å². The Labute approximate surface area is 364 Å². The molecule has 4 amide bonds. The van der Waals surface area contributed by atoms with Crippen molar-refractivity contribution in [1.29, 1.82) is 0 Å². The number of imide groups is 1. The number of hydrogen-bond donors (Lipinski definition) is 0. The monoisotopic (exact) mass is 898 g/mol. The second-order valence-electron chi connectivity index (χ2n) is 17.5. The molecule has 336 valence electrons. The largest absolute Gasteiger partial charge is 0.454 e.